The van der Waals surface area contributed by atoms with Crippen LogP contribution in [0, 0.1) is 0 Å². The molecule has 1 aromatic heterocycles. The number of likely N-dealkylation sites (tertiary alicyclic amines) is 1. The second kappa shape index (κ2) is 8.79. The maximum atomic E-state index is 4.41. The fourth-order valence-corrected chi connectivity index (χ4v) is 4.61. The number of allylic oxidation sites excluding steroid dienone is 1. The molecular weight excluding hydrogens is 354 g/mol. The zero-order valence-electron chi connectivity index (χ0n) is 17.6. The average molecular weight is 386 g/mol. The van der Waals surface area contributed by atoms with Crippen LogP contribution in [-0.2, 0) is 18.5 Å². The van der Waals surface area contributed by atoms with E-state index < -0.39 is 0 Å². The molecule has 29 heavy (non-hydrogen) atoms. The van der Waals surface area contributed by atoms with Crippen LogP contribution in [0.15, 0.2) is 73.2 Å². The molecule has 1 saturated heterocycles. The fourth-order valence-electron chi connectivity index (χ4n) is 4.61. The van der Waals surface area contributed by atoms with Crippen LogP contribution in [0.5, 0.6) is 0 Å². The van der Waals surface area contributed by atoms with Crippen LogP contribution in [0.3, 0.4) is 0 Å². The van der Waals surface area contributed by atoms with Crippen LogP contribution in [-0.4, -0.2) is 27.5 Å². The summed E-state index contributed by atoms with van der Waals surface area (Å²) >= 11 is 0. The first kappa shape index (κ1) is 19.7. The number of rotatable bonds is 4. The lowest BCUT2D eigenvalue weighted by atomic mass is 9.74. The summed E-state index contributed by atoms with van der Waals surface area (Å²) in [5.41, 5.74) is 5.82. The largest absolute Gasteiger partial charge is 0.329 e. The minimum Gasteiger partial charge on any atom is -0.329 e. The minimum atomic E-state index is 0.261. The average Bonchev–Trinajstić information content (AvgIpc) is 3.37. The van der Waals surface area contributed by atoms with Crippen molar-refractivity contribution in [1.82, 2.24) is 14.5 Å². The van der Waals surface area contributed by atoms with Crippen LogP contribution < -0.4 is 0 Å². The van der Waals surface area contributed by atoms with Crippen LogP contribution in [0.2, 0.25) is 0 Å². The summed E-state index contributed by atoms with van der Waals surface area (Å²) < 4.78 is 2.28. The van der Waals surface area contributed by atoms with E-state index in [1.54, 1.807) is 0 Å². The Bertz CT molecular complexity index is 947. The molecule has 1 aliphatic heterocycles. The molecule has 1 spiro atoms. The van der Waals surface area contributed by atoms with Gasteiger partial charge in [-0.05, 0) is 42.6 Å². The molecule has 150 valence electrons. The molecule has 1 aliphatic carbocycles. The van der Waals surface area contributed by atoms with Crippen molar-refractivity contribution < 1.29 is 0 Å². The van der Waals surface area contributed by atoms with Crippen molar-refractivity contribution in [3.8, 4) is 0 Å². The highest BCUT2D eigenvalue weighted by Gasteiger charge is 2.37. The van der Waals surface area contributed by atoms with E-state index in [9.17, 15) is 0 Å². The van der Waals surface area contributed by atoms with Crippen molar-refractivity contribution in [2.24, 2.45) is 0 Å². The molecule has 3 heteroatoms. The minimum absolute atomic E-state index is 0.261. The number of benzene rings is 2. The van der Waals surface area contributed by atoms with Crippen LogP contribution in [0.25, 0.3) is 6.08 Å². The first-order chi connectivity index (χ1) is 14.3. The number of fused-ring (bicyclic) bond motifs is 2. The molecule has 3 nitrogen and oxygen atoms in total. The van der Waals surface area contributed by atoms with Gasteiger partial charge in [0.2, 0.25) is 0 Å². The van der Waals surface area contributed by atoms with E-state index >= 15 is 0 Å². The van der Waals surface area contributed by atoms with E-state index in [4.69, 9.17) is 0 Å². The summed E-state index contributed by atoms with van der Waals surface area (Å²) in [6.45, 7) is 8.14. The molecule has 0 N–H and O–H groups in total. The molecule has 0 radical (unpaired) electrons. The Morgan fingerprint density at radius 3 is 2.41 bits per heavy atom. The zero-order valence-corrected chi connectivity index (χ0v) is 17.6. The van der Waals surface area contributed by atoms with E-state index in [1.807, 2.05) is 26.4 Å². The zero-order chi connectivity index (χ0) is 20.1. The molecule has 0 unspecified atom stereocenters. The lowest BCUT2D eigenvalue weighted by Gasteiger charge is -2.39. The van der Waals surface area contributed by atoms with Crippen molar-refractivity contribution in [2.75, 3.05) is 13.1 Å². The monoisotopic (exact) mass is 385 g/mol. The van der Waals surface area contributed by atoms with Gasteiger partial charge in [-0.3, -0.25) is 4.90 Å². The molecule has 2 aliphatic rings. The Morgan fingerprint density at radius 1 is 0.897 bits per heavy atom. The number of hydrogen-bond donors (Lipinski definition) is 0. The Hall–Kier alpha value is -2.65. The molecule has 2 aromatic carbocycles. The van der Waals surface area contributed by atoms with Crippen molar-refractivity contribution in [3.63, 3.8) is 0 Å². The van der Waals surface area contributed by atoms with Crippen LogP contribution in [0.4, 0.5) is 0 Å². The van der Waals surface area contributed by atoms with Gasteiger partial charge in [0.25, 0.3) is 0 Å². The molecule has 2 heterocycles. The summed E-state index contributed by atoms with van der Waals surface area (Å²) in [7, 11) is 0. The summed E-state index contributed by atoms with van der Waals surface area (Å²) in [5.74, 6) is 0. The van der Waals surface area contributed by atoms with Crippen molar-refractivity contribution >= 4 is 6.08 Å². The third-order valence-electron chi connectivity index (χ3n) is 6.21. The highest BCUT2D eigenvalue weighted by molar-refractivity contribution is 5.65. The molecule has 0 bridgehead atoms. The molecule has 5 rings (SSSR count). The Labute approximate surface area is 174 Å². The lowest BCUT2D eigenvalue weighted by Crippen LogP contribution is -2.40. The number of hydrogen-bond acceptors (Lipinski definition) is 2. The van der Waals surface area contributed by atoms with Crippen molar-refractivity contribution in [3.05, 3.63) is 95.6 Å². The third-order valence-corrected chi connectivity index (χ3v) is 6.21. The first-order valence-corrected chi connectivity index (χ1v) is 10.9. The fraction of sp³-hybridized carbons (Fsp3) is 0.346. The standard InChI is InChI=1S/C24H25N3.C2H6/c1-2-6-20(7-3-1)17-27-19-25-16-22(27)18-26-14-12-24(13-15-26)11-10-21-8-4-5-9-23(21)24;1-2/h1-11,16,19H,12-15,17-18H2;1-2H3. The lowest BCUT2D eigenvalue weighted by molar-refractivity contribution is 0.174. The Balaban J connectivity index is 0.000000994. The SMILES string of the molecule is C1=CC2(CCN(Cc3cncn3Cc3ccccc3)CC2)c2ccccc21.CC. The van der Waals surface area contributed by atoms with Gasteiger partial charge in [0.15, 0.2) is 0 Å². The Kier molecular flexibility index (Phi) is 5.96. The Morgan fingerprint density at radius 2 is 1.62 bits per heavy atom. The predicted molar refractivity (Wildman–Crippen MR) is 121 cm³/mol. The maximum Gasteiger partial charge on any atom is 0.0951 e. The van der Waals surface area contributed by atoms with Crippen LogP contribution in [0.1, 0.15) is 49.1 Å². The van der Waals surface area contributed by atoms with E-state index in [-0.39, 0.29) is 5.41 Å². The van der Waals surface area contributed by atoms with Gasteiger partial charge in [0.1, 0.15) is 0 Å². The van der Waals surface area contributed by atoms with E-state index in [1.165, 1.54) is 35.2 Å². The highest BCUT2D eigenvalue weighted by Crippen LogP contribution is 2.43. The first-order valence-electron chi connectivity index (χ1n) is 10.9. The smallest absolute Gasteiger partial charge is 0.0951 e. The maximum absolute atomic E-state index is 4.41. The number of nitrogens with zero attached hydrogens (tertiary/aromatic N) is 3. The normalized spacial score (nSPS) is 17.0. The molecule has 1 fully saturated rings. The van der Waals surface area contributed by atoms with Gasteiger partial charge in [-0.2, -0.15) is 0 Å². The number of imidazole rings is 1. The summed E-state index contributed by atoms with van der Waals surface area (Å²) in [5, 5.41) is 0. The third kappa shape index (κ3) is 4.06. The second-order valence-electron chi connectivity index (χ2n) is 7.85. The van der Waals surface area contributed by atoms with Crippen LogP contribution >= 0.6 is 0 Å². The van der Waals surface area contributed by atoms with Gasteiger partial charge < -0.3 is 4.57 Å². The quantitative estimate of drug-likeness (QED) is 0.590. The number of piperidine rings is 1. The van der Waals surface area contributed by atoms with Crippen molar-refractivity contribution in [2.45, 2.75) is 45.2 Å². The van der Waals surface area contributed by atoms with E-state index in [2.05, 4.69) is 81.2 Å². The molecule has 0 saturated carbocycles. The van der Waals surface area contributed by atoms with Gasteiger partial charge >= 0.3 is 0 Å². The van der Waals surface area contributed by atoms with Gasteiger partial charge in [-0.25, -0.2) is 4.98 Å². The van der Waals surface area contributed by atoms with E-state index in [0.717, 1.165) is 26.2 Å². The summed E-state index contributed by atoms with van der Waals surface area (Å²) in [6.07, 6.45) is 11.2. The topological polar surface area (TPSA) is 21.1 Å². The van der Waals surface area contributed by atoms with Gasteiger partial charge in [0, 0.05) is 24.7 Å². The molecule has 3 aromatic rings. The number of aromatic nitrogens is 2. The predicted octanol–water partition coefficient (Wildman–Crippen LogP) is 5.52. The van der Waals surface area contributed by atoms with Gasteiger partial charge in [-0.15, -0.1) is 0 Å². The summed E-state index contributed by atoms with van der Waals surface area (Å²) in [6, 6.07) is 19.5. The molecule has 0 atom stereocenters. The summed E-state index contributed by atoms with van der Waals surface area (Å²) in [4.78, 5) is 6.99. The van der Waals surface area contributed by atoms with Gasteiger partial charge in [-0.1, -0.05) is 80.6 Å². The highest BCUT2D eigenvalue weighted by atomic mass is 15.2. The second-order valence-corrected chi connectivity index (χ2v) is 7.85. The van der Waals surface area contributed by atoms with E-state index in [0.29, 0.717) is 0 Å². The molecular formula is C26H31N3. The van der Waals surface area contributed by atoms with Crippen molar-refractivity contribution in [1.29, 1.82) is 0 Å². The molecule has 0 amide bonds. The van der Waals surface area contributed by atoms with Gasteiger partial charge in [0.05, 0.1) is 12.0 Å².